The summed E-state index contributed by atoms with van der Waals surface area (Å²) in [6.45, 7) is 0.595. The van der Waals surface area contributed by atoms with Crippen LogP contribution in [0.5, 0.6) is 11.5 Å². The number of halogens is 2. The number of alkyl halides is 2. The van der Waals surface area contributed by atoms with Gasteiger partial charge in [0, 0.05) is 11.6 Å². The lowest BCUT2D eigenvalue weighted by molar-refractivity contribution is -0.287. The fourth-order valence-corrected chi connectivity index (χ4v) is 1.95. The molecule has 0 aromatic heterocycles. The normalized spacial score (nSPS) is 17.8. The molecule has 6 heteroatoms. The molecule has 0 fully saturated rings. The van der Waals surface area contributed by atoms with E-state index < -0.39 is 6.29 Å². The van der Waals surface area contributed by atoms with Gasteiger partial charge in [0.25, 0.3) is 0 Å². The van der Waals surface area contributed by atoms with E-state index in [1.165, 1.54) is 6.07 Å². The van der Waals surface area contributed by atoms with Crippen LogP contribution in [0.4, 0.5) is 8.78 Å². The first-order chi connectivity index (χ1) is 8.53. The zero-order chi connectivity index (χ0) is 13.2. The summed E-state index contributed by atoms with van der Waals surface area (Å²) in [5.41, 5.74) is 11.9. The molecule has 1 aliphatic heterocycles. The van der Waals surface area contributed by atoms with E-state index in [2.05, 4.69) is 9.47 Å². The summed E-state index contributed by atoms with van der Waals surface area (Å²) >= 11 is 0. The van der Waals surface area contributed by atoms with Crippen LogP contribution in [0.1, 0.15) is 30.9 Å². The summed E-state index contributed by atoms with van der Waals surface area (Å²) in [5.74, 6) is 0.0783. The lowest BCUT2D eigenvalue weighted by Crippen LogP contribution is -2.26. The molecule has 0 radical (unpaired) electrons. The number of nitrogens with two attached hydrogens (primary N) is 2. The predicted octanol–water partition coefficient (Wildman–Crippen LogP) is 2.14. The molecular formula is C12H16F2N2O2. The van der Waals surface area contributed by atoms with Gasteiger partial charge in [-0.3, -0.25) is 0 Å². The van der Waals surface area contributed by atoms with Gasteiger partial charge in [0.1, 0.15) is 0 Å². The molecule has 4 nitrogen and oxygen atoms in total. The first kappa shape index (κ1) is 13.0. The van der Waals surface area contributed by atoms with E-state index in [4.69, 9.17) is 11.5 Å². The topological polar surface area (TPSA) is 70.5 Å². The van der Waals surface area contributed by atoms with Crippen LogP contribution in [-0.2, 0) is 0 Å². The minimum Gasteiger partial charge on any atom is -0.395 e. The average Bonchev–Trinajstić information content (AvgIpc) is 2.62. The summed E-state index contributed by atoms with van der Waals surface area (Å²) in [4.78, 5) is 0. The number of fused-ring (bicyclic) bond motifs is 1. The maximum Gasteiger partial charge on any atom is 0.586 e. The summed E-state index contributed by atoms with van der Waals surface area (Å²) in [6, 6.07) is 4.38. The molecule has 0 bridgehead atoms. The molecule has 1 heterocycles. The Bertz CT molecular complexity index is 427. The molecule has 0 amide bonds. The Labute approximate surface area is 104 Å². The zero-order valence-corrected chi connectivity index (χ0v) is 9.86. The minimum absolute atomic E-state index is 0.0341. The van der Waals surface area contributed by atoms with Crippen LogP contribution in [0.2, 0.25) is 0 Å². The summed E-state index contributed by atoms with van der Waals surface area (Å²) in [7, 11) is 0. The number of unbranched alkanes of at least 4 members (excludes halogenated alkanes) is 1. The number of rotatable bonds is 5. The Balaban J connectivity index is 2.13. The highest BCUT2D eigenvalue weighted by Crippen LogP contribution is 2.45. The second-order valence-electron chi connectivity index (χ2n) is 4.23. The summed E-state index contributed by atoms with van der Waals surface area (Å²) in [6.07, 6.45) is -1.23. The predicted molar refractivity (Wildman–Crippen MR) is 62.5 cm³/mol. The van der Waals surface area contributed by atoms with Crippen molar-refractivity contribution in [1.29, 1.82) is 0 Å². The second-order valence-corrected chi connectivity index (χ2v) is 4.23. The van der Waals surface area contributed by atoms with E-state index in [0.717, 1.165) is 12.8 Å². The molecule has 1 aliphatic rings. The fraction of sp³-hybridized carbons (Fsp3) is 0.500. The minimum atomic E-state index is -3.60. The van der Waals surface area contributed by atoms with Gasteiger partial charge in [0.15, 0.2) is 11.5 Å². The van der Waals surface area contributed by atoms with Gasteiger partial charge in [-0.1, -0.05) is 18.6 Å². The van der Waals surface area contributed by atoms with Crippen molar-refractivity contribution in [2.24, 2.45) is 11.5 Å². The van der Waals surface area contributed by atoms with Gasteiger partial charge in [-0.2, -0.15) is 0 Å². The number of hydrogen-bond donors (Lipinski definition) is 2. The Kier molecular flexibility index (Phi) is 3.68. The Morgan fingerprint density at radius 3 is 2.72 bits per heavy atom. The maximum absolute atomic E-state index is 13.0. The molecular weight excluding hydrogens is 242 g/mol. The van der Waals surface area contributed by atoms with Crippen molar-refractivity contribution >= 4 is 0 Å². The number of hydrogen-bond acceptors (Lipinski definition) is 4. The highest BCUT2D eigenvalue weighted by molar-refractivity contribution is 5.50. The van der Waals surface area contributed by atoms with Crippen molar-refractivity contribution in [1.82, 2.24) is 0 Å². The van der Waals surface area contributed by atoms with Crippen LogP contribution in [-0.4, -0.2) is 12.8 Å². The fourth-order valence-electron chi connectivity index (χ4n) is 1.95. The molecule has 0 aliphatic carbocycles. The van der Waals surface area contributed by atoms with Crippen molar-refractivity contribution in [3.05, 3.63) is 23.8 Å². The van der Waals surface area contributed by atoms with Crippen LogP contribution >= 0.6 is 0 Å². The monoisotopic (exact) mass is 258 g/mol. The van der Waals surface area contributed by atoms with Crippen LogP contribution in [0, 0.1) is 0 Å². The Morgan fingerprint density at radius 2 is 2.00 bits per heavy atom. The third-order valence-corrected chi connectivity index (χ3v) is 2.83. The van der Waals surface area contributed by atoms with Gasteiger partial charge >= 0.3 is 6.29 Å². The summed E-state index contributed by atoms with van der Waals surface area (Å²) < 4.78 is 34.8. The molecule has 100 valence electrons. The average molecular weight is 258 g/mol. The second kappa shape index (κ2) is 5.07. The van der Waals surface area contributed by atoms with Crippen molar-refractivity contribution in [3.63, 3.8) is 0 Å². The largest absolute Gasteiger partial charge is 0.586 e. The number of para-hydroxylation sites is 1. The molecule has 0 spiro atoms. The number of benzene rings is 1. The molecule has 1 atom stereocenters. The van der Waals surface area contributed by atoms with Crippen LogP contribution < -0.4 is 20.9 Å². The molecule has 0 saturated carbocycles. The van der Waals surface area contributed by atoms with E-state index in [9.17, 15) is 8.78 Å². The van der Waals surface area contributed by atoms with E-state index in [1.807, 2.05) is 0 Å². The third kappa shape index (κ3) is 2.70. The quantitative estimate of drug-likeness (QED) is 0.794. The van der Waals surface area contributed by atoms with Crippen molar-refractivity contribution in [2.75, 3.05) is 6.54 Å². The van der Waals surface area contributed by atoms with E-state index in [1.54, 1.807) is 12.1 Å². The molecule has 18 heavy (non-hydrogen) atoms. The standard InChI is InChI=1S/C12H16F2N2O2/c13-12(14)17-10-6-3-4-8(11(10)18-12)9(16)5-1-2-7-15/h3-4,6,9H,1-2,5,7,15-16H2/t9-/m1/s1. The molecule has 2 rings (SSSR count). The highest BCUT2D eigenvalue weighted by atomic mass is 19.3. The van der Waals surface area contributed by atoms with E-state index in [0.29, 0.717) is 18.5 Å². The summed E-state index contributed by atoms with van der Waals surface area (Å²) in [5, 5.41) is 0. The van der Waals surface area contributed by atoms with Crippen molar-refractivity contribution in [3.8, 4) is 11.5 Å². The van der Waals surface area contributed by atoms with Gasteiger partial charge in [0.2, 0.25) is 0 Å². The van der Waals surface area contributed by atoms with E-state index >= 15 is 0 Å². The first-order valence-corrected chi connectivity index (χ1v) is 5.88. The van der Waals surface area contributed by atoms with Gasteiger partial charge in [-0.05, 0) is 25.5 Å². The molecule has 0 saturated heterocycles. The molecule has 4 N–H and O–H groups in total. The number of ether oxygens (including phenoxy) is 2. The van der Waals surface area contributed by atoms with Crippen molar-refractivity contribution in [2.45, 2.75) is 31.6 Å². The SMILES string of the molecule is NCCCC[C@@H](N)c1cccc2c1OC(F)(F)O2. The van der Waals surface area contributed by atoms with Gasteiger partial charge in [0.05, 0.1) is 0 Å². The lowest BCUT2D eigenvalue weighted by atomic mass is 10.0. The van der Waals surface area contributed by atoms with Crippen molar-refractivity contribution < 1.29 is 18.3 Å². The van der Waals surface area contributed by atoms with Gasteiger partial charge in [-0.15, -0.1) is 8.78 Å². The zero-order valence-electron chi connectivity index (χ0n) is 9.86. The van der Waals surface area contributed by atoms with Gasteiger partial charge < -0.3 is 20.9 Å². The first-order valence-electron chi connectivity index (χ1n) is 5.88. The highest BCUT2D eigenvalue weighted by Gasteiger charge is 2.44. The maximum atomic E-state index is 13.0. The van der Waals surface area contributed by atoms with Crippen LogP contribution in [0.25, 0.3) is 0 Å². The van der Waals surface area contributed by atoms with Gasteiger partial charge in [-0.25, -0.2) is 0 Å². The third-order valence-electron chi connectivity index (χ3n) is 2.83. The Morgan fingerprint density at radius 1 is 1.22 bits per heavy atom. The molecule has 0 unspecified atom stereocenters. The Hall–Kier alpha value is -1.40. The molecule has 1 aromatic carbocycles. The smallest absolute Gasteiger partial charge is 0.395 e. The van der Waals surface area contributed by atoms with E-state index in [-0.39, 0.29) is 17.5 Å². The van der Waals surface area contributed by atoms with Crippen LogP contribution in [0.3, 0.4) is 0 Å². The lowest BCUT2D eigenvalue weighted by Gasteiger charge is -2.14. The molecule has 1 aromatic rings. The van der Waals surface area contributed by atoms with Crippen LogP contribution in [0.15, 0.2) is 18.2 Å².